The number of benzene rings is 1. The molecule has 0 atom stereocenters. The molecule has 1 aromatic carbocycles. The lowest BCUT2D eigenvalue weighted by molar-refractivity contribution is 0.311. The number of hydrogen-bond acceptors (Lipinski definition) is 7. The quantitative estimate of drug-likeness (QED) is 0.803. The maximum Gasteiger partial charge on any atom is 0.263 e. The van der Waals surface area contributed by atoms with Gasteiger partial charge in [0.2, 0.25) is 0 Å². The number of anilines is 4. The highest BCUT2D eigenvalue weighted by molar-refractivity contribution is 5.78. The maximum atomic E-state index is 5.87. The lowest BCUT2D eigenvalue weighted by Gasteiger charge is -2.34. The van der Waals surface area contributed by atoms with Crippen LogP contribution < -0.4 is 20.3 Å². The van der Waals surface area contributed by atoms with Crippen molar-refractivity contribution in [3.05, 3.63) is 24.3 Å². The number of aromatic nitrogens is 2. The Balaban J connectivity index is 1.67. The maximum absolute atomic E-state index is 5.87. The van der Waals surface area contributed by atoms with Crippen LogP contribution in [-0.4, -0.2) is 55.4 Å². The molecule has 1 aromatic heterocycles. The van der Waals surface area contributed by atoms with Crippen molar-refractivity contribution in [1.29, 1.82) is 0 Å². The fourth-order valence-electron chi connectivity index (χ4n) is 2.99. The van der Waals surface area contributed by atoms with Crippen molar-refractivity contribution < 1.29 is 4.74 Å². The number of fused-ring (bicyclic) bond motifs is 2. The molecule has 3 heterocycles. The van der Waals surface area contributed by atoms with Crippen molar-refractivity contribution in [3.63, 3.8) is 0 Å². The van der Waals surface area contributed by atoms with Crippen LogP contribution in [0.3, 0.4) is 0 Å². The van der Waals surface area contributed by atoms with Gasteiger partial charge in [-0.25, -0.2) is 0 Å². The Morgan fingerprint density at radius 2 is 1.78 bits per heavy atom. The first-order valence-electron chi connectivity index (χ1n) is 7.74. The van der Waals surface area contributed by atoms with E-state index in [-0.39, 0.29) is 0 Å². The van der Waals surface area contributed by atoms with Gasteiger partial charge in [0.25, 0.3) is 5.88 Å². The summed E-state index contributed by atoms with van der Waals surface area (Å²) in [5.41, 5.74) is 8.40. The van der Waals surface area contributed by atoms with Gasteiger partial charge in [-0.2, -0.15) is 0 Å². The van der Waals surface area contributed by atoms with Crippen LogP contribution in [0.1, 0.15) is 0 Å². The largest absolute Gasteiger partial charge is 0.434 e. The first-order chi connectivity index (χ1) is 11.1. The van der Waals surface area contributed by atoms with E-state index in [1.807, 2.05) is 31.3 Å². The summed E-state index contributed by atoms with van der Waals surface area (Å²) in [5, 5.41) is 8.63. The number of piperazine rings is 1. The van der Waals surface area contributed by atoms with Crippen LogP contribution >= 0.6 is 0 Å². The van der Waals surface area contributed by atoms with Gasteiger partial charge in [0.15, 0.2) is 11.6 Å². The van der Waals surface area contributed by atoms with Crippen LogP contribution in [0.4, 0.5) is 22.9 Å². The fraction of sp³-hybridized carbons (Fsp3) is 0.375. The van der Waals surface area contributed by atoms with Gasteiger partial charge in [0.05, 0.1) is 5.69 Å². The highest BCUT2D eigenvalue weighted by atomic mass is 16.5. The average molecular weight is 312 g/mol. The number of likely N-dealkylation sites (N-methyl/N-ethyl adjacent to an activating group) is 1. The van der Waals surface area contributed by atoms with Crippen LogP contribution in [0.25, 0.3) is 0 Å². The first-order valence-corrected chi connectivity index (χ1v) is 7.74. The van der Waals surface area contributed by atoms with E-state index in [0.29, 0.717) is 17.3 Å². The number of nitrogen functional groups attached to an aromatic ring is 1. The van der Waals surface area contributed by atoms with E-state index in [9.17, 15) is 0 Å². The second-order valence-electron chi connectivity index (χ2n) is 6.07. The summed E-state index contributed by atoms with van der Waals surface area (Å²) in [6, 6.07) is 7.70. The predicted molar refractivity (Wildman–Crippen MR) is 90.7 cm³/mol. The number of rotatable bonds is 1. The highest BCUT2D eigenvalue weighted by Crippen LogP contribution is 2.45. The third-order valence-corrected chi connectivity index (χ3v) is 4.47. The zero-order chi connectivity index (χ0) is 16.0. The SMILES string of the molecule is CN1CCN(c2cc3c(nn2)Oc2cc(N)ccc2N3C)CC1. The molecule has 23 heavy (non-hydrogen) atoms. The van der Waals surface area contributed by atoms with Gasteiger partial charge in [0, 0.05) is 51.0 Å². The zero-order valence-electron chi connectivity index (χ0n) is 13.4. The molecule has 7 nitrogen and oxygen atoms in total. The monoisotopic (exact) mass is 312 g/mol. The average Bonchev–Trinajstić information content (AvgIpc) is 2.55. The van der Waals surface area contributed by atoms with Gasteiger partial charge < -0.3 is 25.2 Å². The second-order valence-corrected chi connectivity index (χ2v) is 6.07. The minimum atomic E-state index is 0.517. The highest BCUT2D eigenvalue weighted by Gasteiger charge is 2.25. The molecule has 0 aliphatic carbocycles. The standard InChI is InChI=1S/C16H20N6O/c1-20-5-7-22(8-6-20)15-10-13-16(19-18-15)23-14-9-11(17)3-4-12(14)21(13)2/h3-4,9-10H,5-8,17H2,1-2H3. The van der Waals surface area contributed by atoms with Gasteiger partial charge in [-0.05, 0) is 19.2 Å². The molecule has 0 spiro atoms. The van der Waals surface area contributed by atoms with E-state index < -0.39 is 0 Å². The zero-order valence-corrected chi connectivity index (χ0v) is 13.4. The van der Waals surface area contributed by atoms with Crippen LogP contribution in [0.15, 0.2) is 24.3 Å². The summed E-state index contributed by atoms with van der Waals surface area (Å²) in [5.74, 6) is 2.12. The number of nitrogens with two attached hydrogens (primary N) is 1. The van der Waals surface area contributed by atoms with Gasteiger partial charge in [0.1, 0.15) is 5.69 Å². The van der Waals surface area contributed by atoms with Crippen LogP contribution in [-0.2, 0) is 0 Å². The van der Waals surface area contributed by atoms with Gasteiger partial charge in [-0.1, -0.05) is 0 Å². The Morgan fingerprint density at radius 3 is 2.57 bits per heavy atom. The number of hydrogen-bond donors (Lipinski definition) is 1. The summed E-state index contributed by atoms with van der Waals surface area (Å²) in [6.45, 7) is 3.99. The summed E-state index contributed by atoms with van der Waals surface area (Å²) >= 11 is 0. The Bertz CT molecular complexity index is 741. The van der Waals surface area contributed by atoms with Gasteiger partial charge >= 0.3 is 0 Å². The normalized spacial score (nSPS) is 17.5. The topological polar surface area (TPSA) is 70.8 Å². The van der Waals surface area contributed by atoms with E-state index in [1.165, 1.54) is 0 Å². The Kier molecular flexibility index (Phi) is 3.23. The molecule has 120 valence electrons. The van der Waals surface area contributed by atoms with Crippen LogP contribution in [0.2, 0.25) is 0 Å². The number of ether oxygens (including phenoxy) is 1. The molecule has 4 rings (SSSR count). The summed E-state index contributed by atoms with van der Waals surface area (Å²) in [4.78, 5) is 6.65. The third kappa shape index (κ3) is 2.43. The lowest BCUT2D eigenvalue weighted by Crippen LogP contribution is -2.45. The van der Waals surface area contributed by atoms with E-state index in [2.05, 4.69) is 31.9 Å². The van der Waals surface area contributed by atoms with Crippen molar-refractivity contribution in [2.45, 2.75) is 0 Å². The molecule has 0 unspecified atom stereocenters. The molecule has 2 aliphatic rings. The molecule has 0 amide bonds. The molecule has 2 N–H and O–H groups in total. The van der Waals surface area contributed by atoms with Crippen molar-refractivity contribution in [2.75, 3.05) is 55.8 Å². The first kappa shape index (κ1) is 14.1. The molecule has 1 saturated heterocycles. The second kappa shape index (κ2) is 5.27. The smallest absolute Gasteiger partial charge is 0.263 e. The molecule has 1 fully saturated rings. The molecule has 0 saturated carbocycles. The molecule has 2 aliphatic heterocycles. The number of nitrogens with zero attached hydrogens (tertiary/aromatic N) is 5. The van der Waals surface area contributed by atoms with Gasteiger partial charge in [-0.15, -0.1) is 10.2 Å². The minimum absolute atomic E-state index is 0.517. The summed E-state index contributed by atoms with van der Waals surface area (Å²) < 4.78 is 5.87. The Labute approximate surface area is 135 Å². The van der Waals surface area contributed by atoms with Crippen molar-refractivity contribution in [2.24, 2.45) is 0 Å². The van der Waals surface area contributed by atoms with Crippen molar-refractivity contribution >= 4 is 22.9 Å². The fourth-order valence-corrected chi connectivity index (χ4v) is 2.99. The molecule has 7 heteroatoms. The molecule has 0 radical (unpaired) electrons. The molecule has 2 aromatic rings. The summed E-state index contributed by atoms with van der Waals surface area (Å²) in [6.07, 6.45) is 0. The van der Waals surface area contributed by atoms with Gasteiger partial charge in [-0.3, -0.25) is 0 Å². The Morgan fingerprint density at radius 1 is 1.00 bits per heavy atom. The molecule has 0 bridgehead atoms. The van der Waals surface area contributed by atoms with Crippen molar-refractivity contribution in [1.82, 2.24) is 15.1 Å². The van der Waals surface area contributed by atoms with Crippen molar-refractivity contribution in [3.8, 4) is 11.6 Å². The molecular formula is C16H20N6O. The Hall–Kier alpha value is -2.54. The lowest BCUT2D eigenvalue weighted by atomic mass is 10.2. The van der Waals surface area contributed by atoms with E-state index in [4.69, 9.17) is 10.5 Å². The van der Waals surface area contributed by atoms with E-state index in [0.717, 1.165) is 43.4 Å². The van der Waals surface area contributed by atoms with E-state index >= 15 is 0 Å². The van der Waals surface area contributed by atoms with Crippen LogP contribution in [0.5, 0.6) is 11.6 Å². The van der Waals surface area contributed by atoms with E-state index in [1.54, 1.807) is 0 Å². The summed E-state index contributed by atoms with van der Waals surface area (Å²) in [7, 11) is 4.14. The third-order valence-electron chi connectivity index (χ3n) is 4.47. The van der Waals surface area contributed by atoms with Crippen LogP contribution in [0, 0.1) is 0 Å². The predicted octanol–water partition coefficient (Wildman–Crippen LogP) is 1.68. The minimum Gasteiger partial charge on any atom is -0.434 e. The molecular weight excluding hydrogens is 292 g/mol.